The summed E-state index contributed by atoms with van der Waals surface area (Å²) in [5.41, 5.74) is 6.70. The minimum Gasteiger partial charge on any atom is -0.479 e. The third kappa shape index (κ3) is 5.52. The van der Waals surface area contributed by atoms with Crippen LogP contribution in [0.4, 0.5) is 5.69 Å². The van der Waals surface area contributed by atoms with E-state index in [9.17, 15) is 29.1 Å². The van der Waals surface area contributed by atoms with E-state index in [0.717, 1.165) is 0 Å². The predicted molar refractivity (Wildman–Crippen MR) is 141 cm³/mol. The van der Waals surface area contributed by atoms with Gasteiger partial charge in [0.05, 0.1) is 16.8 Å². The van der Waals surface area contributed by atoms with Crippen LogP contribution in [0.1, 0.15) is 34.1 Å². The minimum absolute atomic E-state index is 0.0959. The summed E-state index contributed by atoms with van der Waals surface area (Å²) < 4.78 is 0. The van der Waals surface area contributed by atoms with Crippen LogP contribution in [0, 0.1) is 0 Å². The maximum atomic E-state index is 13.3. The maximum Gasteiger partial charge on any atom is 0.334 e. The van der Waals surface area contributed by atoms with E-state index in [1.807, 2.05) is 13.0 Å². The zero-order valence-corrected chi connectivity index (χ0v) is 21.2. The molecular formula is C27H29N5O7. The fourth-order valence-corrected chi connectivity index (χ4v) is 4.62. The number of nitrogens with two attached hydrogens (primary N) is 1. The maximum absolute atomic E-state index is 13.3. The van der Waals surface area contributed by atoms with Gasteiger partial charge < -0.3 is 36.0 Å². The number of aromatic amines is 1. The third-order valence-corrected chi connectivity index (χ3v) is 6.83. The molecule has 0 bridgehead atoms. The topological polar surface area (TPSA) is 186 Å². The van der Waals surface area contributed by atoms with Crippen molar-refractivity contribution in [2.45, 2.75) is 31.5 Å². The van der Waals surface area contributed by atoms with Crippen LogP contribution < -0.4 is 11.1 Å². The normalized spacial score (nSPS) is 16.9. The van der Waals surface area contributed by atoms with Crippen molar-refractivity contribution in [2.24, 2.45) is 5.73 Å². The SMILES string of the molecule is CCC1CN(C(=O)c2ccccc2)CCN1C(=O)C(=O)c1c[nH]c2c(NC(=O)C(N)C(O)C(=O)O)cccc12. The Labute approximate surface area is 223 Å². The lowest BCUT2D eigenvalue weighted by Gasteiger charge is -2.40. The lowest BCUT2D eigenvalue weighted by atomic mass is 10.0. The van der Waals surface area contributed by atoms with Crippen molar-refractivity contribution in [3.63, 3.8) is 0 Å². The number of carboxylic acids is 1. The summed E-state index contributed by atoms with van der Waals surface area (Å²) in [4.78, 5) is 68.9. The molecule has 1 aliphatic heterocycles. The summed E-state index contributed by atoms with van der Waals surface area (Å²) in [6.07, 6.45) is -0.190. The van der Waals surface area contributed by atoms with E-state index in [1.54, 1.807) is 41.3 Å². The van der Waals surface area contributed by atoms with Gasteiger partial charge in [0.15, 0.2) is 6.10 Å². The van der Waals surface area contributed by atoms with Crippen LogP contribution in [-0.2, 0) is 14.4 Å². The van der Waals surface area contributed by atoms with E-state index in [-0.39, 0.29) is 36.3 Å². The molecule has 6 N–H and O–H groups in total. The summed E-state index contributed by atoms with van der Waals surface area (Å²) in [5.74, 6) is -4.16. The molecule has 2 heterocycles. The van der Waals surface area contributed by atoms with Crippen LogP contribution in [0.2, 0.25) is 0 Å². The summed E-state index contributed by atoms with van der Waals surface area (Å²) in [6, 6.07) is 11.5. The number of hydrogen-bond acceptors (Lipinski definition) is 7. The molecule has 3 unspecified atom stereocenters. The number of carbonyl (C=O) groups excluding carboxylic acids is 4. The van der Waals surface area contributed by atoms with Gasteiger partial charge in [0.25, 0.3) is 17.6 Å². The number of piperazine rings is 1. The molecule has 0 spiro atoms. The number of nitrogens with zero attached hydrogens (tertiary/aromatic N) is 2. The van der Waals surface area contributed by atoms with Gasteiger partial charge >= 0.3 is 5.97 Å². The fourth-order valence-electron chi connectivity index (χ4n) is 4.62. The number of aromatic nitrogens is 1. The molecule has 1 aromatic heterocycles. The van der Waals surface area contributed by atoms with E-state index in [1.165, 1.54) is 17.2 Å². The second kappa shape index (κ2) is 11.5. The summed E-state index contributed by atoms with van der Waals surface area (Å²) >= 11 is 0. The molecule has 12 nitrogen and oxygen atoms in total. The highest BCUT2D eigenvalue weighted by molar-refractivity contribution is 6.45. The molecule has 1 saturated heterocycles. The number of nitrogens with one attached hydrogen (secondary N) is 2. The van der Waals surface area contributed by atoms with Gasteiger partial charge in [0, 0.05) is 42.8 Å². The largest absolute Gasteiger partial charge is 0.479 e. The Balaban J connectivity index is 1.50. The summed E-state index contributed by atoms with van der Waals surface area (Å²) in [7, 11) is 0. The highest BCUT2D eigenvalue weighted by Gasteiger charge is 2.36. The predicted octanol–water partition coefficient (Wildman–Crippen LogP) is 0.825. The Bertz CT molecular complexity index is 1420. The van der Waals surface area contributed by atoms with Gasteiger partial charge in [-0.05, 0) is 24.6 Å². The van der Waals surface area contributed by atoms with E-state index in [2.05, 4.69) is 10.3 Å². The smallest absolute Gasteiger partial charge is 0.334 e. The van der Waals surface area contributed by atoms with E-state index >= 15 is 0 Å². The van der Waals surface area contributed by atoms with Crippen molar-refractivity contribution in [3.05, 3.63) is 65.9 Å². The number of aliphatic hydroxyl groups is 1. The quantitative estimate of drug-likeness (QED) is 0.207. The Kier molecular flexibility index (Phi) is 8.07. The van der Waals surface area contributed by atoms with Crippen molar-refractivity contribution < 1.29 is 34.2 Å². The van der Waals surface area contributed by atoms with Crippen molar-refractivity contribution >= 4 is 46.1 Å². The lowest BCUT2D eigenvalue weighted by Crippen LogP contribution is -2.57. The molecule has 3 aromatic rings. The Morgan fingerprint density at radius 2 is 1.79 bits per heavy atom. The summed E-state index contributed by atoms with van der Waals surface area (Å²) in [6.45, 7) is 2.68. The number of ketones is 1. The molecule has 3 atom stereocenters. The van der Waals surface area contributed by atoms with E-state index < -0.39 is 35.7 Å². The second-order valence-electron chi connectivity index (χ2n) is 9.24. The van der Waals surface area contributed by atoms with Gasteiger partial charge in [-0.3, -0.25) is 19.2 Å². The minimum atomic E-state index is -2.10. The van der Waals surface area contributed by atoms with Crippen LogP contribution in [0.5, 0.6) is 0 Å². The molecule has 2 aromatic carbocycles. The number of fused-ring (bicyclic) bond motifs is 1. The molecule has 0 radical (unpaired) electrons. The molecule has 4 rings (SSSR count). The molecule has 1 fully saturated rings. The number of amides is 3. The number of Topliss-reactive ketones (excluding diaryl/α,β-unsaturated/α-hetero) is 1. The standard InChI is InChI=1S/C27H29N5O7/c1-2-16-14-31(25(36)15-7-4-3-5-8-15)11-12-32(16)26(37)22(33)18-13-29-21-17(18)9-6-10-19(21)30-24(35)20(28)23(34)27(38)39/h3-10,13,16,20,23,29,34H,2,11-12,14,28H2,1H3,(H,30,35)(H,38,39). The van der Waals surface area contributed by atoms with E-state index in [4.69, 9.17) is 10.8 Å². The highest BCUT2D eigenvalue weighted by Crippen LogP contribution is 2.27. The van der Waals surface area contributed by atoms with Crippen molar-refractivity contribution in [2.75, 3.05) is 25.0 Å². The molecule has 12 heteroatoms. The number of hydrogen-bond donors (Lipinski definition) is 5. The average Bonchev–Trinajstić information content (AvgIpc) is 3.40. The van der Waals surface area contributed by atoms with Crippen LogP contribution in [-0.4, -0.2) is 92.3 Å². The lowest BCUT2D eigenvalue weighted by molar-refractivity contribution is -0.149. The molecular weight excluding hydrogens is 506 g/mol. The number of aliphatic carboxylic acids is 1. The van der Waals surface area contributed by atoms with Crippen LogP contribution in [0.25, 0.3) is 10.9 Å². The van der Waals surface area contributed by atoms with Crippen molar-refractivity contribution in [3.8, 4) is 0 Å². The zero-order valence-electron chi connectivity index (χ0n) is 21.2. The number of carbonyl (C=O) groups is 5. The molecule has 3 amide bonds. The summed E-state index contributed by atoms with van der Waals surface area (Å²) in [5, 5.41) is 21.3. The first-order valence-corrected chi connectivity index (χ1v) is 12.4. The number of benzene rings is 2. The van der Waals surface area contributed by atoms with Gasteiger partial charge in [-0.1, -0.05) is 37.3 Å². The average molecular weight is 536 g/mol. The Morgan fingerprint density at radius 3 is 2.46 bits per heavy atom. The fraction of sp³-hybridized carbons (Fsp3) is 0.296. The molecule has 1 aliphatic rings. The van der Waals surface area contributed by atoms with Crippen LogP contribution in [0.15, 0.2) is 54.7 Å². The van der Waals surface area contributed by atoms with Gasteiger partial charge in [0.2, 0.25) is 5.91 Å². The number of carboxylic acid groups (broad SMARTS) is 1. The molecule has 39 heavy (non-hydrogen) atoms. The van der Waals surface area contributed by atoms with E-state index in [0.29, 0.717) is 29.4 Å². The first-order valence-electron chi connectivity index (χ1n) is 12.4. The van der Waals surface area contributed by atoms with Crippen molar-refractivity contribution in [1.29, 1.82) is 0 Å². The Hall–Kier alpha value is -4.55. The number of H-pyrrole nitrogens is 1. The first kappa shape index (κ1) is 27.5. The molecule has 204 valence electrons. The molecule has 0 aliphatic carbocycles. The number of para-hydroxylation sites is 1. The van der Waals surface area contributed by atoms with Crippen LogP contribution >= 0.6 is 0 Å². The number of rotatable bonds is 8. The molecule has 0 saturated carbocycles. The van der Waals surface area contributed by atoms with Gasteiger partial charge in [-0.15, -0.1) is 0 Å². The Morgan fingerprint density at radius 1 is 1.08 bits per heavy atom. The van der Waals surface area contributed by atoms with Gasteiger partial charge in [0.1, 0.15) is 6.04 Å². The third-order valence-electron chi connectivity index (χ3n) is 6.83. The highest BCUT2D eigenvalue weighted by atomic mass is 16.4. The van der Waals surface area contributed by atoms with Crippen molar-refractivity contribution in [1.82, 2.24) is 14.8 Å². The van der Waals surface area contributed by atoms with Gasteiger partial charge in [-0.2, -0.15) is 0 Å². The number of anilines is 1. The zero-order chi connectivity index (χ0) is 28.3. The monoisotopic (exact) mass is 535 g/mol. The second-order valence-corrected chi connectivity index (χ2v) is 9.24. The van der Waals surface area contributed by atoms with Crippen LogP contribution in [0.3, 0.4) is 0 Å². The first-order chi connectivity index (χ1) is 18.6. The van der Waals surface area contributed by atoms with Gasteiger partial charge in [-0.25, -0.2) is 4.79 Å². The number of aliphatic hydroxyl groups excluding tert-OH is 1.